The molecule has 1 fully saturated rings. The number of nitrogens with two attached hydrogens (primary N) is 1. The van der Waals surface area contributed by atoms with Gasteiger partial charge in [-0.25, -0.2) is 4.68 Å². The molecule has 3 rings (SSSR count). The Kier molecular flexibility index (Phi) is 3.90. The van der Waals surface area contributed by atoms with Crippen LogP contribution in [-0.2, 0) is 0 Å². The number of nitrogen functional groups attached to an aromatic ring is 1. The molecule has 2 aromatic rings. The lowest BCUT2D eigenvalue weighted by Crippen LogP contribution is -2.12. The van der Waals surface area contributed by atoms with Gasteiger partial charge in [-0.1, -0.05) is 31.9 Å². The van der Waals surface area contributed by atoms with Gasteiger partial charge in [0.1, 0.15) is 0 Å². The second-order valence-electron chi connectivity index (χ2n) is 6.29. The Balaban J connectivity index is 1.91. The first kappa shape index (κ1) is 14.0. The van der Waals surface area contributed by atoms with Crippen LogP contribution in [0.1, 0.15) is 50.6 Å². The Morgan fingerprint density at radius 2 is 2.05 bits per heavy atom. The molecule has 2 N–H and O–H groups in total. The van der Waals surface area contributed by atoms with Crippen molar-refractivity contribution in [1.82, 2.24) is 20.2 Å². The van der Waals surface area contributed by atoms with E-state index in [4.69, 9.17) is 5.73 Å². The Morgan fingerprint density at radius 1 is 1.19 bits per heavy atom. The summed E-state index contributed by atoms with van der Waals surface area (Å²) in [6.07, 6.45) is 6.12. The number of aryl methyl sites for hydroxylation is 1. The minimum absolute atomic E-state index is 0.405. The van der Waals surface area contributed by atoms with E-state index in [1.165, 1.54) is 19.3 Å². The van der Waals surface area contributed by atoms with E-state index in [0.29, 0.717) is 6.04 Å². The van der Waals surface area contributed by atoms with E-state index in [9.17, 15) is 0 Å². The molecule has 1 aromatic carbocycles. The number of hydrogen-bond donors (Lipinski definition) is 1. The first-order chi connectivity index (χ1) is 10.1. The lowest BCUT2D eigenvalue weighted by Gasteiger charge is -2.16. The van der Waals surface area contributed by atoms with Gasteiger partial charge < -0.3 is 5.73 Å². The van der Waals surface area contributed by atoms with Crippen molar-refractivity contribution in [2.24, 2.45) is 5.92 Å². The fourth-order valence-electron chi connectivity index (χ4n) is 3.12. The smallest absolute Gasteiger partial charge is 0.182 e. The van der Waals surface area contributed by atoms with Gasteiger partial charge in [0, 0.05) is 11.3 Å². The second-order valence-corrected chi connectivity index (χ2v) is 6.29. The summed E-state index contributed by atoms with van der Waals surface area (Å²) in [6.45, 7) is 4.35. The number of hydrogen-bond acceptors (Lipinski definition) is 4. The number of anilines is 1. The van der Waals surface area contributed by atoms with Crippen molar-refractivity contribution in [2.45, 2.75) is 52.0 Å². The van der Waals surface area contributed by atoms with Crippen LogP contribution in [-0.4, -0.2) is 20.2 Å². The van der Waals surface area contributed by atoms with Gasteiger partial charge >= 0.3 is 0 Å². The summed E-state index contributed by atoms with van der Waals surface area (Å²) in [5, 5.41) is 12.4. The quantitative estimate of drug-likeness (QED) is 0.678. The van der Waals surface area contributed by atoms with Crippen molar-refractivity contribution in [3.63, 3.8) is 0 Å². The van der Waals surface area contributed by atoms with E-state index in [2.05, 4.69) is 22.4 Å². The third-order valence-electron chi connectivity index (χ3n) is 4.60. The summed E-state index contributed by atoms with van der Waals surface area (Å²) in [5.74, 6) is 1.64. The van der Waals surface area contributed by atoms with Gasteiger partial charge in [0.2, 0.25) is 0 Å². The molecular weight excluding hydrogens is 262 g/mol. The summed E-state index contributed by atoms with van der Waals surface area (Å²) in [5.41, 5.74) is 8.89. The number of tetrazole rings is 1. The SMILES string of the molecule is Cc1ccc(-c2nnnn2C2CCCC(C)CC2)cc1N. The normalized spacial score (nSPS) is 23.0. The fourth-order valence-corrected chi connectivity index (χ4v) is 3.12. The van der Waals surface area contributed by atoms with Crippen LogP contribution in [0.25, 0.3) is 11.4 Å². The van der Waals surface area contributed by atoms with Crippen LogP contribution in [0.5, 0.6) is 0 Å². The highest BCUT2D eigenvalue weighted by molar-refractivity contribution is 5.63. The molecule has 2 unspecified atom stereocenters. The molecule has 0 radical (unpaired) electrons. The molecule has 112 valence electrons. The highest BCUT2D eigenvalue weighted by Crippen LogP contribution is 2.32. The molecule has 1 aliphatic rings. The topological polar surface area (TPSA) is 69.6 Å². The molecule has 0 aliphatic heterocycles. The third kappa shape index (κ3) is 2.91. The Bertz CT molecular complexity index is 619. The van der Waals surface area contributed by atoms with Crippen LogP contribution in [0.15, 0.2) is 18.2 Å². The number of aromatic nitrogens is 4. The van der Waals surface area contributed by atoms with Crippen LogP contribution in [0.2, 0.25) is 0 Å². The number of rotatable bonds is 2. The zero-order valence-electron chi connectivity index (χ0n) is 12.8. The van der Waals surface area contributed by atoms with Gasteiger partial charge in [-0.2, -0.15) is 0 Å². The van der Waals surface area contributed by atoms with E-state index in [1.807, 2.05) is 29.8 Å². The van der Waals surface area contributed by atoms with Gasteiger partial charge in [-0.15, -0.1) is 5.10 Å². The summed E-state index contributed by atoms with van der Waals surface area (Å²) >= 11 is 0. The molecule has 1 heterocycles. The van der Waals surface area contributed by atoms with Gasteiger partial charge in [0.15, 0.2) is 5.82 Å². The van der Waals surface area contributed by atoms with E-state index < -0.39 is 0 Å². The summed E-state index contributed by atoms with van der Waals surface area (Å²) in [4.78, 5) is 0. The maximum atomic E-state index is 6.02. The average molecular weight is 285 g/mol. The molecule has 2 atom stereocenters. The van der Waals surface area contributed by atoms with Crippen molar-refractivity contribution in [3.05, 3.63) is 23.8 Å². The van der Waals surface area contributed by atoms with Gasteiger partial charge in [-0.3, -0.25) is 0 Å². The van der Waals surface area contributed by atoms with Crippen LogP contribution < -0.4 is 5.73 Å². The standard InChI is InChI=1S/C16H23N5/c1-11-4-3-5-14(9-6-11)21-16(18-19-20-21)13-8-7-12(2)15(17)10-13/h7-8,10-11,14H,3-6,9,17H2,1-2H3. The minimum atomic E-state index is 0.405. The average Bonchev–Trinajstić information content (AvgIpc) is 2.85. The third-order valence-corrected chi connectivity index (χ3v) is 4.60. The van der Waals surface area contributed by atoms with E-state index in [1.54, 1.807) is 0 Å². The highest BCUT2D eigenvalue weighted by atomic mass is 15.5. The number of nitrogens with zero attached hydrogens (tertiary/aromatic N) is 4. The molecule has 1 aliphatic carbocycles. The second kappa shape index (κ2) is 5.84. The lowest BCUT2D eigenvalue weighted by atomic mass is 10.0. The molecule has 0 spiro atoms. The Hall–Kier alpha value is -1.91. The van der Waals surface area contributed by atoms with Crippen molar-refractivity contribution in [1.29, 1.82) is 0 Å². The molecule has 0 bridgehead atoms. The molecule has 0 amide bonds. The molecule has 5 nitrogen and oxygen atoms in total. The van der Waals surface area contributed by atoms with E-state index in [-0.39, 0.29) is 0 Å². The van der Waals surface area contributed by atoms with Gasteiger partial charge in [0.05, 0.1) is 6.04 Å². The maximum Gasteiger partial charge on any atom is 0.182 e. The van der Waals surface area contributed by atoms with Crippen molar-refractivity contribution in [2.75, 3.05) is 5.73 Å². The minimum Gasteiger partial charge on any atom is -0.398 e. The maximum absolute atomic E-state index is 6.02. The monoisotopic (exact) mass is 285 g/mol. The van der Waals surface area contributed by atoms with Crippen LogP contribution in [0, 0.1) is 12.8 Å². The first-order valence-corrected chi connectivity index (χ1v) is 7.79. The predicted octanol–water partition coefficient (Wildman–Crippen LogP) is 3.37. The Morgan fingerprint density at radius 3 is 2.86 bits per heavy atom. The zero-order valence-corrected chi connectivity index (χ0v) is 12.8. The summed E-state index contributed by atoms with van der Waals surface area (Å²) in [7, 11) is 0. The largest absolute Gasteiger partial charge is 0.398 e. The molecule has 21 heavy (non-hydrogen) atoms. The van der Waals surface area contributed by atoms with Crippen LogP contribution in [0.3, 0.4) is 0 Å². The van der Waals surface area contributed by atoms with Gasteiger partial charge in [0.25, 0.3) is 0 Å². The molecule has 5 heteroatoms. The van der Waals surface area contributed by atoms with E-state index >= 15 is 0 Å². The fraction of sp³-hybridized carbons (Fsp3) is 0.562. The summed E-state index contributed by atoms with van der Waals surface area (Å²) < 4.78 is 2.00. The van der Waals surface area contributed by atoms with Crippen molar-refractivity contribution >= 4 is 5.69 Å². The predicted molar refractivity (Wildman–Crippen MR) is 83.7 cm³/mol. The van der Waals surface area contributed by atoms with Gasteiger partial charge in [-0.05, 0) is 54.2 Å². The zero-order chi connectivity index (χ0) is 14.8. The molecule has 1 aromatic heterocycles. The van der Waals surface area contributed by atoms with Crippen molar-refractivity contribution in [3.8, 4) is 11.4 Å². The van der Waals surface area contributed by atoms with Crippen LogP contribution in [0.4, 0.5) is 5.69 Å². The molecule has 1 saturated carbocycles. The van der Waals surface area contributed by atoms with Crippen LogP contribution >= 0.6 is 0 Å². The molecular formula is C16H23N5. The highest BCUT2D eigenvalue weighted by Gasteiger charge is 2.22. The summed E-state index contributed by atoms with van der Waals surface area (Å²) in [6, 6.07) is 6.45. The Labute approximate surface area is 125 Å². The van der Waals surface area contributed by atoms with E-state index in [0.717, 1.165) is 41.4 Å². The first-order valence-electron chi connectivity index (χ1n) is 7.79. The number of benzene rings is 1. The van der Waals surface area contributed by atoms with Crippen molar-refractivity contribution < 1.29 is 0 Å². The molecule has 0 saturated heterocycles. The lowest BCUT2D eigenvalue weighted by molar-refractivity contribution is 0.394.